The average molecular weight is 267 g/mol. The molecule has 0 aromatic rings. The Morgan fingerprint density at radius 1 is 1.56 bits per heavy atom. The van der Waals surface area contributed by atoms with E-state index in [-0.39, 0.29) is 24.4 Å². The van der Waals surface area contributed by atoms with E-state index in [0.29, 0.717) is 18.4 Å². The van der Waals surface area contributed by atoms with Crippen molar-refractivity contribution < 1.29 is 9.53 Å². The lowest BCUT2D eigenvalue weighted by Gasteiger charge is -2.23. The average Bonchev–Trinajstić information content (AvgIpc) is 2.80. The highest BCUT2D eigenvalue weighted by Gasteiger charge is 2.23. The van der Waals surface area contributed by atoms with Crippen LogP contribution in [0.3, 0.4) is 0 Å². The molecular weight excluding hydrogens is 248 g/mol. The van der Waals surface area contributed by atoms with E-state index in [9.17, 15) is 4.79 Å². The van der Waals surface area contributed by atoms with Crippen LogP contribution in [0.5, 0.6) is 0 Å². The number of nitrogens with one attached hydrogen (secondary N) is 2. The lowest BCUT2D eigenvalue weighted by molar-refractivity contribution is -0.134. The van der Waals surface area contributed by atoms with Crippen LogP contribution in [0.15, 0.2) is 0 Å². The topological polar surface area (TPSA) is 50.4 Å². The van der Waals surface area contributed by atoms with Crippen LogP contribution in [0.25, 0.3) is 0 Å². The normalized spacial score (nSPS) is 29.5. The van der Waals surface area contributed by atoms with Crippen LogP contribution < -0.4 is 10.6 Å². The van der Waals surface area contributed by atoms with Gasteiger partial charge in [-0.15, -0.1) is 12.4 Å². The highest BCUT2D eigenvalue weighted by atomic mass is 35.5. The van der Waals surface area contributed by atoms with Gasteiger partial charge in [0.05, 0.1) is 6.61 Å². The number of carbonyl (C=O) groups is 1. The fraction of sp³-hybridized carbons (Fsp3) is 0.900. The van der Waals surface area contributed by atoms with Crippen LogP contribution in [0.4, 0.5) is 0 Å². The van der Waals surface area contributed by atoms with E-state index in [0.717, 1.165) is 13.1 Å². The minimum Gasteiger partial charge on any atom is -0.366 e. The van der Waals surface area contributed by atoms with Crippen LogP contribution in [0.2, 0.25) is 0 Å². The fourth-order valence-corrected chi connectivity index (χ4v) is 3.07. The van der Waals surface area contributed by atoms with E-state index in [1.165, 1.54) is 18.6 Å². The van der Waals surface area contributed by atoms with E-state index in [2.05, 4.69) is 10.6 Å². The van der Waals surface area contributed by atoms with Crippen molar-refractivity contribution in [2.75, 3.05) is 32.0 Å². The van der Waals surface area contributed by atoms with Gasteiger partial charge in [-0.1, -0.05) is 0 Å². The van der Waals surface area contributed by atoms with Gasteiger partial charge in [0.25, 0.3) is 5.91 Å². The molecule has 2 fully saturated rings. The van der Waals surface area contributed by atoms with E-state index in [4.69, 9.17) is 4.74 Å². The van der Waals surface area contributed by atoms with Crippen molar-refractivity contribution in [2.24, 2.45) is 0 Å². The Morgan fingerprint density at radius 3 is 3.06 bits per heavy atom. The highest BCUT2D eigenvalue weighted by molar-refractivity contribution is 8.00. The molecule has 6 heteroatoms. The van der Waals surface area contributed by atoms with Crippen molar-refractivity contribution in [3.8, 4) is 0 Å². The number of ether oxygens (including phenoxy) is 1. The summed E-state index contributed by atoms with van der Waals surface area (Å²) < 4.78 is 5.37. The summed E-state index contributed by atoms with van der Waals surface area (Å²) in [6.45, 7) is 2.92. The lowest BCUT2D eigenvalue weighted by Crippen LogP contribution is -2.48. The van der Waals surface area contributed by atoms with Gasteiger partial charge < -0.3 is 15.4 Å². The summed E-state index contributed by atoms with van der Waals surface area (Å²) in [5.74, 6) is 1.27. The summed E-state index contributed by atoms with van der Waals surface area (Å²) in [7, 11) is 0. The molecule has 16 heavy (non-hydrogen) atoms. The third kappa shape index (κ3) is 4.13. The fourth-order valence-electron chi connectivity index (χ4n) is 1.87. The SMILES string of the molecule is Cl.O=C(NCC1CCCS1)[C@H]1CNCCO1. The molecule has 2 heterocycles. The quantitative estimate of drug-likeness (QED) is 0.777. The van der Waals surface area contributed by atoms with Crippen LogP contribution in [0.1, 0.15) is 12.8 Å². The van der Waals surface area contributed by atoms with Crippen molar-refractivity contribution in [1.29, 1.82) is 0 Å². The maximum absolute atomic E-state index is 11.7. The van der Waals surface area contributed by atoms with E-state index < -0.39 is 0 Å². The summed E-state index contributed by atoms with van der Waals surface area (Å²) in [4.78, 5) is 11.7. The van der Waals surface area contributed by atoms with Gasteiger partial charge in [0.1, 0.15) is 6.10 Å². The van der Waals surface area contributed by atoms with Crippen molar-refractivity contribution in [1.82, 2.24) is 10.6 Å². The zero-order valence-electron chi connectivity index (χ0n) is 9.24. The van der Waals surface area contributed by atoms with Crippen LogP contribution in [0, 0.1) is 0 Å². The zero-order chi connectivity index (χ0) is 10.5. The molecule has 4 nitrogen and oxygen atoms in total. The smallest absolute Gasteiger partial charge is 0.250 e. The molecule has 0 aromatic carbocycles. The molecule has 2 saturated heterocycles. The third-order valence-corrected chi connectivity index (χ3v) is 4.15. The van der Waals surface area contributed by atoms with E-state index >= 15 is 0 Å². The molecule has 0 aromatic heterocycles. The molecular formula is C10H19ClN2O2S. The second kappa shape index (κ2) is 7.37. The Bertz CT molecular complexity index is 219. The molecule has 94 valence electrons. The molecule has 0 radical (unpaired) electrons. The first-order chi connectivity index (χ1) is 7.36. The number of thioether (sulfide) groups is 1. The van der Waals surface area contributed by atoms with Gasteiger partial charge in [0, 0.05) is 24.9 Å². The second-order valence-corrected chi connectivity index (χ2v) is 5.35. The van der Waals surface area contributed by atoms with Gasteiger partial charge in [-0.3, -0.25) is 4.79 Å². The number of amides is 1. The van der Waals surface area contributed by atoms with Gasteiger partial charge >= 0.3 is 0 Å². The maximum Gasteiger partial charge on any atom is 0.250 e. The first-order valence-corrected chi connectivity index (χ1v) is 6.63. The molecule has 0 spiro atoms. The van der Waals surface area contributed by atoms with Crippen molar-refractivity contribution in [3.05, 3.63) is 0 Å². The number of rotatable bonds is 3. The number of carbonyl (C=O) groups excluding carboxylic acids is 1. The van der Waals surface area contributed by atoms with Gasteiger partial charge in [0.15, 0.2) is 0 Å². The Balaban J connectivity index is 0.00000128. The van der Waals surface area contributed by atoms with Crippen LogP contribution in [-0.2, 0) is 9.53 Å². The van der Waals surface area contributed by atoms with Crippen molar-refractivity contribution >= 4 is 30.1 Å². The molecule has 1 amide bonds. The third-order valence-electron chi connectivity index (χ3n) is 2.75. The minimum absolute atomic E-state index is 0. The number of halogens is 1. The molecule has 2 rings (SSSR count). The molecule has 2 aliphatic heterocycles. The first-order valence-electron chi connectivity index (χ1n) is 5.58. The number of hydrogen-bond acceptors (Lipinski definition) is 4. The lowest BCUT2D eigenvalue weighted by atomic mass is 10.2. The zero-order valence-corrected chi connectivity index (χ0v) is 10.9. The minimum atomic E-state index is -0.287. The van der Waals surface area contributed by atoms with Gasteiger partial charge in [0.2, 0.25) is 0 Å². The van der Waals surface area contributed by atoms with E-state index in [1.807, 2.05) is 11.8 Å². The molecule has 0 saturated carbocycles. The van der Waals surface area contributed by atoms with Crippen molar-refractivity contribution in [3.63, 3.8) is 0 Å². The molecule has 2 atom stereocenters. The molecule has 2 aliphatic rings. The standard InChI is InChI=1S/C10H18N2O2S.ClH/c13-10(9-7-11-3-4-14-9)12-6-8-2-1-5-15-8;/h8-9,11H,1-7H2,(H,12,13);1H/t8?,9-;/m1./s1. The highest BCUT2D eigenvalue weighted by Crippen LogP contribution is 2.25. The Labute approximate surface area is 107 Å². The van der Waals surface area contributed by atoms with Crippen LogP contribution >= 0.6 is 24.2 Å². The molecule has 0 bridgehead atoms. The van der Waals surface area contributed by atoms with Crippen LogP contribution in [-0.4, -0.2) is 49.3 Å². The number of morpholine rings is 1. The van der Waals surface area contributed by atoms with Gasteiger partial charge in [-0.2, -0.15) is 11.8 Å². The molecule has 1 unspecified atom stereocenters. The summed E-state index contributed by atoms with van der Waals surface area (Å²) in [6, 6.07) is 0. The second-order valence-electron chi connectivity index (χ2n) is 3.94. The molecule has 2 N–H and O–H groups in total. The summed E-state index contributed by atoms with van der Waals surface area (Å²) in [6.07, 6.45) is 2.23. The van der Waals surface area contributed by atoms with Gasteiger partial charge in [-0.05, 0) is 18.6 Å². The van der Waals surface area contributed by atoms with E-state index in [1.54, 1.807) is 0 Å². The monoisotopic (exact) mass is 266 g/mol. The van der Waals surface area contributed by atoms with Gasteiger partial charge in [-0.25, -0.2) is 0 Å². The summed E-state index contributed by atoms with van der Waals surface area (Å²) in [5.41, 5.74) is 0. The Kier molecular flexibility index (Phi) is 6.49. The first kappa shape index (κ1) is 14.1. The predicted molar refractivity (Wildman–Crippen MR) is 68.3 cm³/mol. The summed E-state index contributed by atoms with van der Waals surface area (Å²) in [5, 5.41) is 6.74. The van der Waals surface area contributed by atoms with Crippen molar-refractivity contribution in [2.45, 2.75) is 24.2 Å². The summed E-state index contributed by atoms with van der Waals surface area (Å²) >= 11 is 1.96. The Morgan fingerprint density at radius 2 is 2.44 bits per heavy atom. The number of hydrogen-bond donors (Lipinski definition) is 2. The largest absolute Gasteiger partial charge is 0.366 e. The predicted octanol–water partition coefficient (Wildman–Crippen LogP) is 0.408. The maximum atomic E-state index is 11.7. The molecule has 0 aliphatic carbocycles. The Hall–Kier alpha value is 0.0300.